The van der Waals surface area contributed by atoms with Gasteiger partial charge in [0.2, 0.25) is 0 Å². The summed E-state index contributed by atoms with van der Waals surface area (Å²) < 4.78 is 13.7. The van der Waals surface area contributed by atoms with E-state index in [1.165, 1.54) is 0 Å². The van der Waals surface area contributed by atoms with E-state index in [2.05, 4.69) is 4.52 Å². The Morgan fingerprint density at radius 2 is 1.48 bits per heavy atom. The van der Waals surface area contributed by atoms with Crippen molar-refractivity contribution in [3.8, 4) is 0 Å². The molecule has 0 fully saturated rings. The number of hydrogen-bond acceptors (Lipinski definition) is 6. The van der Waals surface area contributed by atoms with E-state index >= 15 is 0 Å². The van der Waals surface area contributed by atoms with E-state index in [4.69, 9.17) is 20.0 Å². The van der Waals surface area contributed by atoms with E-state index in [-0.39, 0.29) is 149 Å². The molecule has 21 heavy (non-hydrogen) atoms. The average molecular weight is 413 g/mol. The molecule has 0 aromatic carbocycles. The minimum absolute atomic E-state index is 0. The van der Waals surface area contributed by atoms with Crippen molar-refractivity contribution in [2.75, 3.05) is 0 Å². The fourth-order valence-corrected chi connectivity index (χ4v) is 1.20. The van der Waals surface area contributed by atoms with Gasteiger partial charge in [0.15, 0.2) is 5.60 Å². The standard InChI is InChI=1S/C6H9O10P.ClH.2K.Na.3H/c7-3(8)1-6(12,5(10)11)2-4(9)16-17(13,14)15;;;;;;;/h12H,1-2H2,(H,7,8)(H,10,11)(H2,13,14,15);1H;;;;;;/q;;3*+1;3*-1. The predicted molar refractivity (Wildman–Crippen MR) is 58.2 cm³/mol. The molecule has 1 unspecified atom stereocenters. The smallest absolute Gasteiger partial charge is 1.00 e. The van der Waals surface area contributed by atoms with Crippen molar-refractivity contribution in [1.29, 1.82) is 0 Å². The van der Waals surface area contributed by atoms with Crippen LogP contribution in [0.5, 0.6) is 0 Å². The van der Waals surface area contributed by atoms with Gasteiger partial charge in [0.1, 0.15) is 0 Å². The molecule has 0 heterocycles. The number of aliphatic hydroxyl groups is 1. The first kappa shape index (κ1) is 35.2. The summed E-state index contributed by atoms with van der Waals surface area (Å²) in [6.45, 7) is 0. The molecule has 0 aromatic rings. The molecule has 0 aliphatic rings. The fourth-order valence-electron chi connectivity index (χ4n) is 0.868. The molecule has 15 heteroatoms. The van der Waals surface area contributed by atoms with Crippen LogP contribution < -0.4 is 132 Å². The number of carboxylic acids is 2. The Labute approximate surface area is 237 Å². The van der Waals surface area contributed by atoms with Crippen LogP contribution in [0.3, 0.4) is 0 Å². The Bertz CT molecular complexity index is 416. The van der Waals surface area contributed by atoms with E-state index in [1.54, 1.807) is 0 Å². The number of carbonyl (C=O) groups is 3. The monoisotopic (exact) mass is 412 g/mol. The molecule has 0 rings (SSSR count). The molecule has 0 bridgehead atoms. The second kappa shape index (κ2) is 15.3. The summed E-state index contributed by atoms with van der Waals surface area (Å²) in [4.78, 5) is 48.1. The molecule has 0 aliphatic heterocycles. The maximum atomic E-state index is 10.8. The summed E-state index contributed by atoms with van der Waals surface area (Å²) in [5.74, 6) is -5.47. The van der Waals surface area contributed by atoms with Crippen LogP contribution in [0.2, 0.25) is 0 Å². The van der Waals surface area contributed by atoms with E-state index in [0.717, 1.165) is 0 Å². The van der Waals surface area contributed by atoms with Gasteiger partial charge < -0.3 is 24.1 Å². The third-order valence-electron chi connectivity index (χ3n) is 1.50. The van der Waals surface area contributed by atoms with Gasteiger partial charge in [0.05, 0.1) is 12.8 Å². The zero-order valence-electron chi connectivity index (χ0n) is 14.5. The van der Waals surface area contributed by atoms with Crippen LogP contribution in [0.1, 0.15) is 17.1 Å². The van der Waals surface area contributed by atoms with Crippen molar-refractivity contribution < 1.29 is 185 Å². The minimum Gasteiger partial charge on any atom is -1.00 e. The average Bonchev–Trinajstić information content (AvgIpc) is 1.96. The number of phosphoric acid groups is 1. The van der Waals surface area contributed by atoms with Gasteiger partial charge in [-0.25, -0.2) is 9.36 Å². The Balaban J connectivity index is -0.0000000610. The molecule has 0 spiro atoms. The molecule has 1 atom stereocenters. The Kier molecular flexibility index (Phi) is 25.8. The third kappa shape index (κ3) is 17.7. The normalized spacial score (nSPS) is 12.0. The number of hydrogen-bond donors (Lipinski definition) is 5. The van der Waals surface area contributed by atoms with Gasteiger partial charge in [-0.3, -0.25) is 19.4 Å². The van der Waals surface area contributed by atoms with Gasteiger partial charge in [-0.2, -0.15) is 0 Å². The van der Waals surface area contributed by atoms with Crippen molar-refractivity contribution in [3.05, 3.63) is 0 Å². The minimum atomic E-state index is -5.17. The first-order valence-corrected chi connectivity index (χ1v) is 5.45. The second-order valence-corrected chi connectivity index (χ2v) is 4.20. The van der Waals surface area contributed by atoms with Crippen LogP contribution in [0.15, 0.2) is 0 Å². The van der Waals surface area contributed by atoms with Gasteiger partial charge in [-0.05, 0) is 0 Å². The van der Waals surface area contributed by atoms with E-state index in [9.17, 15) is 24.1 Å². The van der Waals surface area contributed by atoms with Gasteiger partial charge in [-0.15, -0.1) is 12.4 Å². The van der Waals surface area contributed by atoms with Crippen LogP contribution >= 0.6 is 20.2 Å². The van der Waals surface area contributed by atoms with Gasteiger partial charge in [0.25, 0.3) is 0 Å². The molecule has 0 saturated carbocycles. The summed E-state index contributed by atoms with van der Waals surface area (Å²) in [6, 6.07) is 0. The molecule has 0 amide bonds. The molecule has 0 saturated heterocycles. The summed E-state index contributed by atoms with van der Waals surface area (Å²) in [6.07, 6.45) is -2.72. The van der Waals surface area contributed by atoms with Crippen molar-refractivity contribution in [3.63, 3.8) is 0 Å². The maximum Gasteiger partial charge on any atom is 1.00 e. The largest absolute Gasteiger partial charge is 1.00 e. The number of phosphoric ester groups is 1. The zero-order valence-corrected chi connectivity index (χ0v) is 21.5. The van der Waals surface area contributed by atoms with Gasteiger partial charge in [-0.1, -0.05) is 0 Å². The molecule has 112 valence electrons. The topological polar surface area (TPSA) is 179 Å². The van der Waals surface area contributed by atoms with E-state index < -0.39 is 44.2 Å². The second-order valence-electron chi connectivity index (χ2n) is 3.04. The molecule has 0 aliphatic carbocycles. The van der Waals surface area contributed by atoms with Crippen molar-refractivity contribution >= 4 is 38.1 Å². The molecule has 0 aromatic heterocycles. The zero-order chi connectivity index (χ0) is 13.9. The molecule has 5 N–H and O–H groups in total. The Morgan fingerprint density at radius 3 is 1.71 bits per heavy atom. The first-order chi connectivity index (χ1) is 7.46. The number of rotatable bonds is 6. The van der Waals surface area contributed by atoms with Crippen LogP contribution in [-0.4, -0.2) is 48.6 Å². The van der Waals surface area contributed by atoms with Gasteiger partial charge in [0, 0.05) is 0 Å². The van der Waals surface area contributed by atoms with Crippen molar-refractivity contribution in [1.82, 2.24) is 0 Å². The first-order valence-electron chi connectivity index (χ1n) is 3.92. The predicted octanol–water partition coefficient (Wildman–Crippen LogP) is -9.93. The van der Waals surface area contributed by atoms with E-state index in [0.29, 0.717) is 0 Å². The number of aliphatic carboxylic acids is 2. The molecule has 10 nitrogen and oxygen atoms in total. The van der Waals surface area contributed by atoms with Crippen molar-refractivity contribution in [2.24, 2.45) is 0 Å². The van der Waals surface area contributed by atoms with Gasteiger partial charge >= 0.3 is 158 Å². The van der Waals surface area contributed by atoms with Crippen LogP contribution in [0.4, 0.5) is 0 Å². The molecular weight excluding hydrogens is 400 g/mol. The van der Waals surface area contributed by atoms with E-state index in [1.807, 2.05) is 0 Å². The maximum absolute atomic E-state index is 10.8. The Morgan fingerprint density at radius 1 is 1.10 bits per heavy atom. The number of carboxylic acid groups (broad SMARTS) is 2. The summed E-state index contributed by atoms with van der Waals surface area (Å²) in [5.41, 5.74) is -2.99. The fraction of sp³-hybridized carbons (Fsp3) is 0.500. The molecular formula is C6H13ClK2NaO10P. The SMILES string of the molecule is Cl.O=C(O)CC(O)(CC(=O)OP(=O)(O)O)C(=O)O.[H-].[H-].[H-].[K+].[K+].[Na+]. The number of halogens is 1. The van der Waals surface area contributed by atoms with Crippen LogP contribution in [0, 0.1) is 0 Å². The molecule has 0 radical (unpaired) electrons. The van der Waals surface area contributed by atoms with Crippen LogP contribution in [-0.2, 0) is 23.5 Å². The summed E-state index contributed by atoms with van der Waals surface area (Å²) in [7, 11) is -5.17. The third-order valence-corrected chi connectivity index (χ3v) is 1.94. The Hall–Kier alpha value is 3.08. The van der Waals surface area contributed by atoms with Crippen LogP contribution in [0.25, 0.3) is 0 Å². The van der Waals surface area contributed by atoms with Crippen molar-refractivity contribution in [2.45, 2.75) is 18.4 Å². The number of carbonyl (C=O) groups excluding carboxylic acids is 1. The summed E-state index contributed by atoms with van der Waals surface area (Å²) >= 11 is 0. The summed E-state index contributed by atoms with van der Waals surface area (Å²) in [5, 5.41) is 26.1. The quantitative estimate of drug-likeness (QED) is 0.208.